The van der Waals surface area contributed by atoms with Crippen LogP contribution in [0, 0.1) is 0 Å². The van der Waals surface area contributed by atoms with Crippen LogP contribution in [-0.2, 0) is 11.2 Å². The molecule has 0 saturated carbocycles. The first-order chi connectivity index (χ1) is 12.0. The second kappa shape index (κ2) is 7.42. The number of aryl methyl sites for hydroxylation is 1. The summed E-state index contributed by atoms with van der Waals surface area (Å²) in [6, 6.07) is 16.1. The first-order valence-electron chi connectivity index (χ1n) is 8.14. The first-order valence-corrected chi connectivity index (χ1v) is 9.36. The number of carbonyl (C=O) groups is 1. The van der Waals surface area contributed by atoms with Crippen molar-refractivity contribution in [2.75, 3.05) is 23.9 Å². The first kappa shape index (κ1) is 17.7. The van der Waals surface area contributed by atoms with Crippen molar-refractivity contribution in [3.05, 3.63) is 64.6 Å². The standard InChI is InChI=1S/C20H20N2OS2/c1-4-14-5-11-17(12-6-14)22-19(23)18(25-20(22)24)13-15-7-9-16(10-8-15)21(2)3/h5-13H,4H2,1-3H3. The van der Waals surface area contributed by atoms with Gasteiger partial charge < -0.3 is 4.90 Å². The summed E-state index contributed by atoms with van der Waals surface area (Å²) in [5.74, 6) is -0.0593. The largest absolute Gasteiger partial charge is 0.378 e. The number of benzene rings is 2. The normalized spacial score (nSPS) is 16.0. The number of thioether (sulfide) groups is 1. The van der Waals surface area contributed by atoms with Gasteiger partial charge in [0.25, 0.3) is 5.91 Å². The second-order valence-electron chi connectivity index (χ2n) is 6.02. The minimum Gasteiger partial charge on any atom is -0.378 e. The highest BCUT2D eigenvalue weighted by Gasteiger charge is 2.33. The van der Waals surface area contributed by atoms with Gasteiger partial charge in [0, 0.05) is 19.8 Å². The monoisotopic (exact) mass is 368 g/mol. The molecule has 1 aliphatic heterocycles. The maximum Gasteiger partial charge on any atom is 0.270 e. The summed E-state index contributed by atoms with van der Waals surface area (Å²) in [7, 11) is 4.01. The van der Waals surface area contributed by atoms with Crippen LogP contribution in [-0.4, -0.2) is 24.3 Å². The lowest BCUT2D eigenvalue weighted by molar-refractivity contribution is -0.113. The average molecular weight is 369 g/mol. The van der Waals surface area contributed by atoms with E-state index < -0.39 is 0 Å². The summed E-state index contributed by atoms with van der Waals surface area (Å²) in [5, 5.41) is 0. The Labute approximate surface area is 158 Å². The summed E-state index contributed by atoms with van der Waals surface area (Å²) in [6.07, 6.45) is 2.88. The molecule has 0 bridgehead atoms. The Balaban J connectivity index is 1.84. The molecule has 0 spiro atoms. The molecule has 1 saturated heterocycles. The highest BCUT2D eigenvalue weighted by Crippen LogP contribution is 2.36. The van der Waals surface area contributed by atoms with Crippen LogP contribution in [0.5, 0.6) is 0 Å². The molecule has 0 aliphatic carbocycles. The molecule has 2 aromatic rings. The van der Waals surface area contributed by atoms with Crippen LogP contribution in [0.4, 0.5) is 11.4 Å². The van der Waals surface area contributed by atoms with Crippen molar-refractivity contribution < 1.29 is 4.79 Å². The molecular formula is C20H20N2OS2. The third-order valence-corrected chi connectivity index (χ3v) is 5.41. The van der Waals surface area contributed by atoms with Crippen LogP contribution in [0.15, 0.2) is 53.4 Å². The quantitative estimate of drug-likeness (QED) is 0.575. The van der Waals surface area contributed by atoms with E-state index in [4.69, 9.17) is 12.2 Å². The molecule has 0 N–H and O–H groups in total. The molecule has 0 aromatic heterocycles. The second-order valence-corrected chi connectivity index (χ2v) is 7.70. The third-order valence-electron chi connectivity index (χ3n) is 4.10. The van der Waals surface area contributed by atoms with Crippen molar-refractivity contribution in [2.24, 2.45) is 0 Å². The summed E-state index contributed by atoms with van der Waals surface area (Å²) < 4.78 is 0.574. The Morgan fingerprint density at radius 1 is 1.08 bits per heavy atom. The number of carbonyl (C=O) groups excluding carboxylic acids is 1. The molecular weight excluding hydrogens is 348 g/mol. The number of thiocarbonyl (C=S) groups is 1. The van der Waals surface area contributed by atoms with Crippen LogP contribution < -0.4 is 9.80 Å². The zero-order valence-electron chi connectivity index (χ0n) is 14.5. The SMILES string of the molecule is CCc1ccc(N2C(=O)C(=Cc3ccc(N(C)C)cc3)SC2=S)cc1. The lowest BCUT2D eigenvalue weighted by atomic mass is 10.1. The molecule has 1 aliphatic rings. The number of nitrogens with zero attached hydrogens (tertiary/aromatic N) is 2. The smallest absolute Gasteiger partial charge is 0.270 e. The van der Waals surface area contributed by atoms with E-state index in [0.717, 1.165) is 23.4 Å². The van der Waals surface area contributed by atoms with Crippen molar-refractivity contribution in [3.63, 3.8) is 0 Å². The topological polar surface area (TPSA) is 23.6 Å². The number of amides is 1. The number of hydrogen-bond donors (Lipinski definition) is 0. The van der Waals surface area contributed by atoms with Crippen LogP contribution in [0.1, 0.15) is 18.1 Å². The van der Waals surface area contributed by atoms with E-state index in [0.29, 0.717) is 9.23 Å². The highest BCUT2D eigenvalue weighted by molar-refractivity contribution is 8.27. The molecule has 1 heterocycles. The number of hydrogen-bond acceptors (Lipinski definition) is 4. The van der Waals surface area contributed by atoms with Crippen LogP contribution in [0.3, 0.4) is 0 Å². The molecule has 0 atom stereocenters. The van der Waals surface area contributed by atoms with Gasteiger partial charge in [-0.3, -0.25) is 9.69 Å². The lowest BCUT2D eigenvalue weighted by Gasteiger charge is -2.14. The van der Waals surface area contributed by atoms with E-state index >= 15 is 0 Å². The van der Waals surface area contributed by atoms with E-state index in [1.165, 1.54) is 17.3 Å². The molecule has 1 fully saturated rings. The molecule has 0 unspecified atom stereocenters. The van der Waals surface area contributed by atoms with Gasteiger partial charge in [0.15, 0.2) is 4.32 Å². The number of anilines is 2. The molecule has 0 radical (unpaired) electrons. The Kier molecular flexibility index (Phi) is 5.25. The third kappa shape index (κ3) is 3.78. The molecule has 5 heteroatoms. The van der Waals surface area contributed by atoms with Gasteiger partial charge >= 0.3 is 0 Å². The minimum atomic E-state index is -0.0593. The zero-order chi connectivity index (χ0) is 18.0. The van der Waals surface area contributed by atoms with Gasteiger partial charge in [-0.05, 0) is 47.9 Å². The Bertz CT molecular complexity index is 824. The van der Waals surface area contributed by atoms with Crippen LogP contribution >= 0.6 is 24.0 Å². The zero-order valence-corrected chi connectivity index (χ0v) is 16.2. The van der Waals surface area contributed by atoms with Crippen molar-refractivity contribution in [1.29, 1.82) is 0 Å². The van der Waals surface area contributed by atoms with Gasteiger partial charge in [-0.25, -0.2) is 0 Å². The van der Waals surface area contributed by atoms with Crippen LogP contribution in [0.2, 0.25) is 0 Å². The summed E-state index contributed by atoms with van der Waals surface area (Å²) in [4.78, 5) is 17.1. The molecule has 1 amide bonds. The molecule has 3 nitrogen and oxygen atoms in total. The van der Waals surface area contributed by atoms with Crippen molar-refractivity contribution >= 4 is 51.7 Å². The van der Waals surface area contributed by atoms with Crippen molar-refractivity contribution in [3.8, 4) is 0 Å². The maximum absolute atomic E-state index is 12.8. The average Bonchev–Trinajstić information content (AvgIpc) is 2.89. The Hall–Kier alpha value is -2.11. The van der Waals surface area contributed by atoms with E-state index in [1.807, 2.05) is 73.6 Å². The fourth-order valence-electron chi connectivity index (χ4n) is 2.59. The highest BCUT2D eigenvalue weighted by atomic mass is 32.2. The molecule has 3 rings (SSSR count). The Morgan fingerprint density at radius 3 is 2.28 bits per heavy atom. The maximum atomic E-state index is 12.8. The van der Waals surface area contributed by atoms with Gasteiger partial charge in [-0.2, -0.15) is 0 Å². The summed E-state index contributed by atoms with van der Waals surface area (Å²) >= 11 is 6.78. The molecule has 2 aromatic carbocycles. The predicted octanol–water partition coefficient (Wildman–Crippen LogP) is 4.72. The van der Waals surface area contributed by atoms with E-state index in [9.17, 15) is 4.79 Å². The molecule has 128 valence electrons. The van der Waals surface area contributed by atoms with Gasteiger partial charge in [-0.1, -0.05) is 55.2 Å². The minimum absolute atomic E-state index is 0.0593. The summed E-state index contributed by atoms with van der Waals surface area (Å²) in [6.45, 7) is 2.11. The van der Waals surface area contributed by atoms with Gasteiger partial charge in [0.2, 0.25) is 0 Å². The van der Waals surface area contributed by atoms with Crippen molar-refractivity contribution in [2.45, 2.75) is 13.3 Å². The van der Waals surface area contributed by atoms with Gasteiger partial charge in [0.05, 0.1) is 10.6 Å². The van der Waals surface area contributed by atoms with Gasteiger partial charge in [0.1, 0.15) is 0 Å². The summed E-state index contributed by atoms with van der Waals surface area (Å²) in [5.41, 5.74) is 4.19. The number of rotatable bonds is 4. The van der Waals surface area contributed by atoms with Crippen molar-refractivity contribution in [1.82, 2.24) is 0 Å². The van der Waals surface area contributed by atoms with Crippen LogP contribution in [0.25, 0.3) is 6.08 Å². The fraction of sp³-hybridized carbons (Fsp3) is 0.200. The predicted molar refractivity (Wildman–Crippen MR) is 112 cm³/mol. The lowest BCUT2D eigenvalue weighted by Crippen LogP contribution is -2.27. The fourth-order valence-corrected chi connectivity index (χ4v) is 3.89. The Morgan fingerprint density at radius 2 is 1.72 bits per heavy atom. The van der Waals surface area contributed by atoms with Gasteiger partial charge in [-0.15, -0.1) is 0 Å². The van der Waals surface area contributed by atoms with E-state index in [1.54, 1.807) is 4.90 Å². The van der Waals surface area contributed by atoms with E-state index in [-0.39, 0.29) is 5.91 Å². The molecule has 25 heavy (non-hydrogen) atoms. The van der Waals surface area contributed by atoms with E-state index in [2.05, 4.69) is 6.92 Å².